The molecule has 1 heterocycles. The number of rotatable bonds is 1. The predicted molar refractivity (Wildman–Crippen MR) is 61.0 cm³/mol. The number of hydrogen-bond acceptors (Lipinski definition) is 1. The predicted octanol–water partition coefficient (Wildman–Crippen LogP) is 2.76. The van der Waals surface area contributed by atoms with Gasteiger partial charge in [0.05, 0.1) is 0 Å². The second kappa shape index (κ2) is 4.51. The van der Waals surface area contributed by atoms with Crippen LogP contribution in [-0.4, -0.2) is 24.0 Å². The molecule has 3 nitrogen and oxygen atoms in total. The lowest BCUT2D eigenvalue weighted by atomic mass is 10.2. The molecule has 4 heteroatoms. The maximum atomic E-state index is 13.0. The van der Waals surface area contributed by atoms with Crippen LogP contribution in [0.1, 0.15) is 18.4 Å². The monoisotopic (exact) mass is 222 g/mol. The lowest BCUT2D eigenvalue weighted by molar-refractivity contribution is 0.222. The third-order valence-electron chi connectivity index (χ3n) is 2.83. The molecule has 1 saturated heterocycles. The zero-order valence-corrected chi connectivity index (χ0v) is 9.29. The lowest BCUT2D eigenvalue weighted by Gasteiger charge is -2.17. The first-order valence-electron chi connectivity index (χ1n) is 5.49. The van der Waals surface area contributed by atoms with E-state index in [9.17, 15) is 9.18 Å². The molecule has 0 radical (unpaired) electrons. The van der Waals surface area contributed by atoms with Gasteiger partial charge < -0.3 is 10.2 Å². The first kappa shape index (κ1) is 10.9. The van der Waals surface area contributed by atoms with Crippen molar-refractivity contribution in [1.82, 2.24) is 4.90 Å². The Bertz CT molecular complexity index is 400. The van der Waals surface area contributed by atoms with Crippen LogP contribution in [0.4, 0.5) is 14.9 Å². The molecule has 2 rings (SSSR count). The van der Waals surface area contributed by atoms with Crippen molar-refractivity contribution in [1.29, 1.82) is 0 Å². The van der Waals surface area contributed by atoms with E-state index in [0.717, 1.165) is 31.5 Å². The Morgan fingerprint density at radius 3 is 2.75 bits per heavy atom. The summed E-state index contributed by atoms with van der Waals surface area (Å²) in [7, 11) is 0. The summed E-state index contributed by atoms with van der Waals surface area (Å²) in [6, 6.07) is 4.27. The lowest BCUT2D eigenvalue weighted by Crippen LogP contribution is -2.32. The number of nitrogens with zero attached hydrogens (tertiary/aromatic N) is 1. The normalized spacial score (nSPS) is 15.2. The Hall–Kier alpha value is -1.58. The summed E-state index contributed by atoms with van der Waals surface area (Å²) in [5.74, 6) is -0.331. The van der Waals surface area contributed by atoms with E-state index in [4.69, 9.17) is 0 Å². The Labute approximate surface area is 94.3 Å². The number of benzene rings is 1. The maximum absolute atomic E-state index is 13.0. The van der Waals surface area contributed by atoms with E-state index in [2.05, 4.69) is 5.32 Å². The Balaban J connectivity index is 2.07. The third kappa shape index (κ3) is 2.32. The highest BCUT2D eigenvalue weighted by atomic mass is 19.1. The molecular formula is C12H15FN2O. The first-order valence-corrected chi connectivity index (χ1v) is 5.49. The maximum Gasteiger partial charge on any atom is 0.321 e. The molecule has 86 valence electrons. The van der Waals surface area contributed by atoms with Gasteiger partial charge in [-0.05, 0) is 37.5 Å². The third-order valence-corrected chi connectivity index (χ3v) is 2.83. The van der Waals surface area contributed by atoms with Gasteiger partial charge in [0.25, 0.3) is 0 Å². The standard InChI is InChI=1S/C12H15FN2O/c1-9-4-5-10(13)8-11(9)14-12(16)15-6-2-3-7-15/h4-5,8H,2-3,6-7H2,1H3,(H,14,16). The van der Waals surface area contributed by atoms with Gasteiger partial charge in [-0.15, -0.1) is 0 Å². The topological polar surface area (TPSA) is 32.3 Å². The van der Waals surface area contributed by atoms with Crippen molar-refractivity contribution in [3.63, 3.8) is 0 Å². The van der Waals surface area contributed by atoms with Crippen molar-refractivity contribution in [3.8, 4) is 0 Å². The summed E-state index contributed by atoms with van der Waals surface area (Å²) in [4.78, 5) is 13.5. The van der Waals surface area contributed by atoms with Crippen LogP contribution in [0.2, 0.25) is 0 Å². The molecule has 0 saturated carbocycles. The van der Waals surface area contributed by atoms with Gasteiger partial charge in [0.15, 0.2) is 0 Å². The van der Waals surface area contributed by atoms with E-state index in [-0.39, 0.29) is 11.8 Å². The molecule has 2 amide bonds. The van der Waals surface area contributed by atoms with Gasteiger partial charge in [0, 0.05) is 18.8 Å². The van der Waals surface area contributed by atoms with Gasteiger partial charge in [-0.3, -0.25) is 0 Å². The van der Waals surface area contributed by atoms with Crippen LogP contribution in [0, 0.1) is 12.7 Å². The molecule has 0 spiro atoms. The van der Waals surface area contributed by atoms with Crippen LogP contribution < -0.4 is 5.32 Å². The molecule has 1 fully saturated rings. The van der Waals surface area contributed by atoms with Crippen molar-refractivity contribution >= 4 is 11.7 Å². The van der Waals surface area contributed by atoms with Gasteiger partial charge in [0.2, 0.25) is 0 Å². The number of hydrogen-bond donors (Lipinski definition) is 1. The minimum absolute atomic E-state index is 0.133. The number of urea groups is 1. The number of carbonyl (C=O) groups is 1. The fraction of sp³-hybridized carbons (Fsp3) is 0.417. The van der Waals surface area contributed by atoms with E-state index in [1.807, 2.05) is 6.92 Å². The number of likely N-dealkylation sites (tertiary alicyclic amines) is 1. The zero-order valence-electron chi connectivity index (χ0n) is 9.29. The Kier molecular flexibility index (Phi) is 3.08. The van der Waals surface area contributed by atoms with Crippen LogP contribution >= 0.6 is 0 Å². The first-order chi connectivity index (χ1) is 7.66. The van der Waals surface area contributed by atoms with Crippen LogP contribution in [0.15, 0.2) is 18.2 Å². The number of anilines is 1. The molecule has 1 aliphatic heterocycles. The second-order valence-electron chi connectivity index (χ2n) is 4.08. The summed E-state index contributed by atoms with van der Waals surface area (Å²) in [5, 5.41) is 2.74. The second-order valence-corrected chi connectivity index (χ2v) is 4.08. The molecule has 1 aliphatic rings. The largest absolute Gasteiger partial charge is 0.325 e. The number of aryl methyl sites for hydroxylation is 1. The number of amides is 2. The van der Waals surface area contributed by atoms with Crippen LogP contribution in [0.5, 0.6) is 0 Å². The van der Waals surface area contributed by atoms with E-state index >= 15 is 0 Å². The fourth-order valence-electron chi connectivity index (χ4n) is 1.84. The summed E-state index contributed by atoms with van der Waals surface area (Å²) in [6.45, 7) is 3.43. The van der Waals surface area contributed by atoms with Gasteiger partial charge >= 0.3 is 6.03 Å². The van der Waals surface area contributed by atoms with E-state index < -0.39 is 0 Å². The van der Waals surface area contributed by atoms with E-state index in [0.29, 0.717) is 5.69 Å². The molecule has 0 unspecified atom stereocenters. The van der Waals surface area contributed by atoms with E-state index in [1.54, 1.807) is 11.0 Å². The minimum atomic E-state index is -0.331. The fourth-order valence-corrected chi connectivity index (χ4v) is 1.84. The Morgan fingerprint density at radius 1 is 1.38 bits per heavy atom. The number of nitrogens with one attached hydrogen (secondary N) is 1. The highest BCUT2D eigenvalue weighted by Gasteiger charge is 2.18. The van der Waals surface area contributed by atoms with Gasteiger partial charge in [-0.1, -0.05) is 6.07 Å². The molecule has 16 heavy (non-hydrogen) atoms. The van der Waals surface area contributed by atoms with E-state index in [1.165, 1.54) is 12.1 Å². The highest BCUT2D eigenvalue weighted by molar-refractivity contribution is 5.90. The van der Waals surface area contributed by atoms with Crippen molar-refractivity contribution in [2.45, 2.75) is 19.8 Å². The molecule has 1 aromatic carbocycles. The van der Waals surface area contributed by atoms with Crippen LogP contribution in [0.3, 0.4) is 0 Å². The molecule has 0 atom stereocenters. The average molecular weight is 222 g/mol. The Morgan fingerprint density at radius 2 is 2.06 bits per heavy atom. The van der Waals surface area contributed by atoms with Crippen molar-refractivity contribution in [2.75, 3.05) is 18.4 Å². The number of carbonyl (C=O) groups excluding carboxylic acids is 1. The van der Waals surface area contributed by atoms with Crippen molar-refractivity contribution < 1.29 is 9.18 Å². The van der Waals surface area contributed by atoms with Crippen LogP contribution in [0.25, 0.3) is 0 Å². The van der Waals surface area contributed by atoms with Crippen LogP contribution in [-0.2, 0) is 0 Å². The van der Waals surface area contributed by atoms with Crippen molar-refractivity contribution in [3.05, 3.63) is 29.6 Å². The molecule has 1 aromatic rings. The molecule has 1 N–H and O–H groups in total. The smallest absolute Gasteiger partial charge is 0.321 e. The van der Waals surface area contributed by atoms with Gasteiger partial charge in [0.1, 0.15) is 5.82 Å². The SMILES string of the molecule is Cc1ccc(F)cc1NC(=O)N1CCCC1. The molecular weight excluding hydrogens is 207 g/mol. The summed E-state index contributed by atoms with van der Waals surface area (Å²) < 4.78 is 13.0. The molecule has 0 aromatic heterocycles. The quantitative estimate of drug-likeness (QED) is 0.778. The van der Waals surface area contributed by atoms with Gasteiger partial charge in [-0.25, -0.2) is 9.18 Å². The minimum Gasteiger partial charge on any atom is -0.325 e. The average Bonchev–Trinajstić information content (AvgIpc) is 2.76. The highest BCUT2D eigenvalue weighted by Crippen LogP contribution is 2.17. The molecule has 0 bridgehead atoms. The summed E-state index contributed by atoms with van der Waals surface area (Å²) >= 11 is 0. The number of halogens is 1. The molecule has 0 aliphatic carbocycles. The summed E-state index contributed by atoms with van der Waals surface area (Å²) in [5.41, 5.74) is 1.42. The van der Waals surface area contributed by atoms with Gasteiger partial charge in [-0.2, -0.15) is 0 Å². The zero-order chi connectivity index (χ0) is 11.5. The summed E-state index contributed by atoms with van der Waals surface area (Å²) in [6.07, 6.45) is 2.10. The van der Waals surface area contributed by atoms with Crippen molar-refractivity contribution in [2.24, 2.45) is 0 Å².